The first kappa shape index (κ1) is 21.7. The molecule has 6 heteroatoms. The number of morpholine rings is 1. The van der Waals surface area contributed by atoms with Crippen LogP contribution in [0.4, 0.5) is 5.69 Å². The molecule has 1 fully saturated rings. The summed E-state index contributed by atoms with van der Waals surface area (Å²) in [6.07, 6.45) is 0. The molecule has 1 aliphatic heterocycles. The van der Waals surface area contributed by atoms with Crippen LogP contribution < -0.4 is 10.1 Å². The average molecular weight is 431 g/mol. The minimum Gasteiger partial charge on any atom is -0.484 e. The molecule has 6 nitrogen and oxygen atoms in total. The van der Waals surface area contributed by atoms with Crippen molar-refractivity contribution in [3.05, 3.63) is 95.6 Å². The molecule has 1 aliphatic rings. The second-order valence-corrected chi connectivity index (χ2v) is 7.64. The Kier molecular flexibility index (Phi) is 7.27. The van der Waals surface area contributed by atoms with E-state index in [0.717, 1.165) is 38.5 Å². The summed E-state index contributed by atoms with van der Waals surface area (Å²) in [5.74, 6) is 0.243. The molecule has 0 atom stereocenters. The molecule has 32 heavy (non-hydrogen) atoms. The van der Waals surface area contributed by atoms with Crippen LogP contribution in [-0.4, -0.2) is 49.5 Å². The Morgan fingerprint density at radius 1 is 0.844 bits per heavy atom. The van der Waals surface area contributed by atoms with Crippen LogP contribution in [-0.2, 0) is 16.1 Å². The van der Waals surface area contributed by atoms with Gasteiger partial charge in [0.15, 0.2) is 12.4 Å². The van der Waals surface area contributed by atoms with Crippen LogP contribution in [0.1, 0.15) is 21.5 Å². The van der Waals surface area contributed by atoms with Crippen LogP contribution in [0, 0.1) is 0 Å². The first-order valence-corrected chi connectivity index (χ1v) is 10.7. The summed E-state index contributed by atoms with van der Waals surface area (Å²) in [7, 11) is 0. The lowest BCUT2D eigenvalue weighted by molar-refractivity contribution is -0.118. The van der Waals surface area contributed by atoms with E-state index < -0.39 is 0 Å². The Morgan fingerprint density at radius 3 is 2.19 bits per heavy atom. The second-order valence-electron chi connectivity index (χ2n) is 7.64. The van der Waals surface area contributed by atoms with E-state index in [1.165, 1.54) is 5.56 Å². The average Bonchev–Trinajstić information content (AvgIpc) is 2.85. The number of nitrogens with one attached hydrogen (secondary N) is 1. The van der Waals surface area contributed by atoms with Gasteiger partial charge in [-0.25, -0.2) is 0 Å². The molecule has 0 aromatic heterocycles. The quantitative estimate of drug-likeness (QED) is 0.551. The van der Waals surface area contributed by atoms with E-state index in [4.69, 9.17) is 9.47 Å². The summed E-state index contributed by atoms with van der Waals surface area (Å²) >= 11 is 0. The Balaban J connectivity index is 1.24. The van der Waals surface area contributed by atoms with E-state index >= 15 is 0 Å². The van der Waals surface area contributed by atoms with Gasteiger partial charge in [-0.1, -0.05) is 42.5 Å². The van der Waals surface area contributed by atoms with Gasteiger partial charge in [-0.15, -0.1) is 0 Å². The van der Waals surface area contributed by atoms with Gasteiger partial charge in [0.1, 0.15) is 5.75 Å². The van der Waals surface area contributed by atoms with Crippen molar-refractivity contribution in [2.75, 3.05) is 38.2 Å². The summed E-state index contributed by atoms with van der Waals surface area (Å²) < 4.78 is 10.9. The Bertz CT molecular complexity index is 1030. The van der Waals surface area contributed by atoms with Gasteiger partial charge in [-0.3, -0.25) is 14.5 Å². The maximum Gasteiger partial charge on any atom is 0.262 e. The lowest BCUT2D eigenvalue weighted by atomic mass is 10.0. The Hall–Kier alpha value is -3.48. The maximum atomic E-state index is 12.4. The number of benzene rings is 3. The van der Waals surface area contributed by atoms with Crippen molar-refractivity contribution in [1.29, 1.82) is 0 Å². The first-order valence-electron chi connectivity index (χ1n) is 10.7. The third kappa shape index (κ3) is 6.03. The van der Waals surface area contributed by atoms with Gasteiger partial charge in [-0.2, -0.15) is 0 Å². The number of hydrogen-bond donors (Lipinski definition) is 1. The number of ether oxygens (including phenoxy) is 2. The predicted octanol–water partition coefficient (Wildman–Crippen LogP) is 3.77. The number of rotatable bonds is 8. The van der Waals surface area contributed by atoms with Crippen molar-refractivity contribution in [1.82, 2.24) is 4.90 Å². The van der Waals surface area contributed by atoms with E-state index in [-0.39, 0.29) is 18.3 Å². The van der Waals surface area contributed by atoms with Gasteiger partial charge in [0.2, 0.25) is 0 Å². The minimum atomic E-state index is -0.240. The highest BCUT2D eigenvalue weighted by Crippen LogP contribution is 2.16. The molecule has 1 heterocycles. The summed E-state index contributed by atoms with van der Waals surface area (Å²) in [5.41, 5.74) is 3.14. The van der Waals surface area contributed by atoms with Crippen molar-refractivity contribution in [3.63, 3.8) is 0 Å². The summed E-state index contributed by atoms with van der Waals surface area (Å²) in [6.45, 7) is 4.21. The molecular weight excluding hydrogens is 404 g/mol. The van der Waals surface area contributed by atoms with Crippen LogP contribution in [0.3, 0.4) is 0 Å². The summed E-state index contributed by atoms with van der Waals surface area (Å²) in [5, 5.41) is 2.84. The molecule has 4 rings (SSSR count). The number of hydrogen-bond acceptors (Lipinski definition) is 5. The van der Waals surface area contributed by atoms with Crippen molar-refractivity contribution in [2.45, 2.75) is 6.54 Å². The fourth-order valence-electron chi connectivity index (χ4n) is 3.52. The molecule has 0 saturated carbocycles. The van der Waals surface area contributed by atoms with Crippen molar-refractivity contribution < 1.29 is 19.1 Å². The van der Waals surface area contributed by atoms with Crippen molar-refractivity contribution >= 4 is 17.4 Å². The van der Waals surface area contributed by atoms with Gasteiger partial charge in [0.25, 0.3) is 5.91 Å². The molecule has 0 radical (unpaired) electrons. The zero-order chi connectivity index (χ0) is 22.2. The summed E-state index contributed by atoms with van der Waals surface area (Å²) in [6, 6.07) is 23.8. The molecule has 1 saturated heterocycles. The monoisotopic (exact) mass is 430 g/mol. The molecule has 3 aromatic carbocycles. The fourth-order valence-corrected chi connectivity index (χ4v) is 3.52. The SMILES string of the molecule is O=C(COc1ccc(C(=O)c2ccccc2)cc1)Nc1ccc(CN2CCOCC2)cc1. The molecule has 0 bridgehead atoms. The van der Waals surface area contributed by atoms with Gasteiger partial charge < -0.3 is 14.8 Å². The highest BCUT2D eigenvalue weighted by Gasteiger charge is 2.11. The van der Waals surface area contributed by atoms with Crippen LogP contribution in [0.15, 0.2) is 78.9 Å². The van der Waals surface area contributed by atoms with Gasteiger partial charge in [-0.05, 0) is 42.0 Å². The van der Waals surface area contributed by atoms with Crippen molar-refractivity contribution in [2.24, 2.45) is 0 Å². The van der Waals surface area contributed by atoms with E-state index in [9.17, 15) is 9.59 Å². The Labute approximate surface area is 187 Å². The molecule has 0 aliphatic carbocycles. The highest BCUT2D eigenvalue weighted by molar-refractivity contribution is 6.09. The van der Waals surface area contributed by atoms with Gasteiger partial charge in [0, 0.05) is 36.4 Å². The van der Waals surface area contributed by atoms with Crippen LogP contribution >= 0.6 is 0 Å². The maximum absolute atomic E-state index is 12.4. The molecule has 1 N–H and O–H groups in total. The Morgan fingerprint density at radius 2 is 1.50 bits per heavy atom. The minimum absolute atomic E-state index is 0.0491. The normalized spacial score (nSPS) is 14.0. The summed E-state index contributed by atoms with van der Waals surface area (Å²) in [4.78, 5) is 27.0. The molecule has 164 valence electrons. The third-order valence-electron chi connectivity index (χ3n) is 5.27. The van der Waals surface area contributed by atoms with E-state index in [1.807, 2.05) is 42.5 Å². The third-order valence-corrected chi connectivity index (χ3v) is 5.27. The number of carbonyl (C=O) groups is 2. The molecular formula is C26H26N2O4. The number of anilines is 1. The zero-order valence-electron chi connectivity index (χ0n) is 17.8. The second kappa shape index (κ2) is 10.7. The van der Waals surface area contributed by atoms with E-state index in [1.54, 1.807) is 36.4 Å². The molecule has 3 aromatic rings. The number of amides is 1. The number of ketones is 1. The predicted molar refractivity (Wildman–Crippen MR) is 123 cm³/mol. The highest BCUT2D eigenvalue weighted by atomic mass is 16.5. The topological polar surface area (TPSA) is 67.9 Å². The van der Waals surface area contributed by atoms with E-state index in [2.05, 4.69) is 10.2 Å². The lowest BCUT2D eigenvalue weighted by Gasteiger charge is -2.26. The van der Waals surface area contributed by atoms with Crippen LogP contribution in [0.25, 0.3) is 0 Å². The van der Waals surface area contributed by atoms with Gasteiger partial charge >= 0.3 is 0 Å². The van der Waals surface area contributed by atoms with Gasteiger partial charge in [0.05, 0.1) is 13.2 Å². The largest absolute Gasteiger partial charge is 0.484 e. The first-order chi connectivity index (χ1) is 15.7. The molecule has 1 amide bonds. The lowest BCUT2D eigenvalue weighted by Crippen LogP contribution is -2.35. The smallest absolute Gasteiger partial charge is 0.262 e. The standard InChI is InChI=1S/C26H26N2O4/c29-25(27-23-10-6-20(7-11-23)18-28-14-16-31-17-15-28)19-32-24-12-8-22(9-13-24)26(30)21-4-2-1-3-5-21/h1-13H,14-19H2,(H,27,29). The number of carbonyl (C=O) groups excluding carboxylic acids is 2. The van der Waals surface area contributed by atoms with Crippen molar-refractivity contribution in [3.8, 4) is 5.75 Å². The fraction of sp³-hybridized carbons (Fsp3) is 0.231. The molecule has 0 unspecified atom stereocenters. The molecule has 0 spiro atoms. The van der Waals surface area contributed by atoms with Crippen LogP contribution in [0.5, 0.6) is 5.75 Å². The van der Waals surface area contributed by atoms with E-state index in [0.29, 0.717) is 16.9 Å². The number of nitrogens with zero attached hydrogens (tertiary/aromatic N) is 1. The zero-order valence-corrected chi connectivity index (χ0v) is 17.8. The van der Waals surface area contributed by atoms with Crippen LogP contribution in [0.2, 0.25) is 0 Å².